The van der Waals surface area contributed by atoms with Gasteiger partial charge >= 0.3 is 0 Å². The van der Waals surface area contributed by atoms with Gasteiger partial charge in [-0.15, -0.1) is 10.2 Å². The molecule has 1 aliphatic rings. The molecular formula is C18H20N4O2S. The van der Waals surface area contributed by atoms with Crippen LogP contribution in [0.15, 0.2) is 40.1 Å². The third kappa shape index (κ3) is 3.56. The van der Waals surface area contributed by atoms with Crippen molar-refractivity contribution in [3.05, 3.63) is 42.0 Å². The van der Waals surface area contributed by atoms with Crippen LogP contribution in [-0.4, -0.2) is 26.9 Å². The summed E-state index contributed by atoms with van der Waals surface area (Å²) in [6.45, 7) is 1.01. The second-order valence-corrected chi connectivity index (χ2v) is 6.96. The van der Waals surface area contributed by atoms with E-state index in [1.165, 1.54) is 19.3 Å². The van der Waals surface area contributed by atoms with Gasteiger partial charge in [0.15, 0.2) is 5.16 Å². The van der Waals surface area contributed by atoms with E-state index in [4.69, 9.17) is 9.15 Å². The van der Waals surface area contributed by atoms with Crippen LogP contribution in [0.1, 0.15) is 30.8 Å². The average molecular weight is 356 g/mol. The van der Waals surface area contributed by atoms with E-state index in [1.807, 2.05) is 24.3 Å². The Balaban J connectivity index is 1.44. The summed E-state index contributed by atoms with van der Waals surface area (Å²) in [7, 11) is 1.65. The molecule has 0 atom stereocenters. The molecule has 0 unspecified atom stereocenters. The highest BCUT2D eigenvalue weighted by molar-refractivity contribution is 7.98. The Morgan fingerprint density at radius 1 is 1.16 bits per heavy atom. The quantitative estimate of drug-likeness (QED) is 0.645. The van der Waals surface area contributed by atoms with Crippen molar-refractivity contribution in [2.75, 3.05) is 7.11 Å². The molecule has 0 fully saturated rings. The second kappa shape index (κ2) is 7.31. The van der Waals surface area contributed by atoms with Gasteiger partial charge in [0.25, 0.3) is 0 Å². The molecule has 0 bridgehead atoms. The SMILES string of the molecule is COc1ccc(-c2nc(CSc3nnc4n3CCCCC4)co2)cc1. The Labute approximate surface area is 150 Å². The number of aryl methyl sites for hydroxylation is 1. The van der Waals surface area contributed by atoms with E-state index < -0.39 is 0 Å². The van der Waals surface area contributed by atoms with E-state index >= 15 is 0 Å². The molecule has 0 N–H and O–H groups in total. The summed E-state index contributed by atoms with van der Waals surface area (Å²) in [5, 5.41) is 9.65. The molecule has 0 saturated heterocycles. The number of nitrogens with zero attached hydrogens (tertiary/aromatic N) is 4. The number of methoxy groups -OCH3 is 1. The highest BCUT2D eigenvalue weighted by Gasteiger charge is 2.16. The lowest BCUT2D eigenvalue weighted by molar-refractivity contribution is 0.415. The molecular weight excluding hydrogens is 336 g/mol. The highest BCUT2D eigenvalue weighted by atomic mass is 32.2. The number of rotatable bonds is 5. The number of hydrogen-bond acceptors (Lipinski definition) is 6. The molecule has 0 radical (unpaired) electrons. The topological polar surface area (TPSA) is 66.0 Å². The van der Waals surface area contributed by atoms with Gasteiger partial charge in [-0.1, -0.05) is 18.2 Å². The van der Waals surface area contributed by atoms with Gasteiger partial charge in [0, 0.05) is 24.3 Å². The predicted molar refractivity (Wildman–Crippen MR) is 95.6 cm³/mol. The van der Waals surface area contributed by atoms with Crippen molar-refractivity contribution in [1.29, 1.82) is 0 Å². The molecule has 3 heterocycles. The van der Waals surface area contributed by atoms with E-state index in [0.29, 0.717) is 5.89 Å². The van der Waals surface area contributed by atoms with Gasteiger partial charge in [0.2, 0.25) is 5.89 Å². The maximum absolute atomic E-state index is 5.62. The van der Waals surface area contributed by atoms with Crippen molar-refractivity contribution in [1.82, 2.24) is 19.7 Å². The zero-order chi connectivity index (χ0) is 17.1. The van der Waals surface area contributed by atoms with Crippen molar-refractivity contribution in [3.63, 3.8) is 0 Å². The van der Waals surface area contributed by atoms with Crippen molar-refractivity contribution in [2.24, 2.45) is 0 Å². The number of benzene rings is 1. The van der Waals surface area contributed by atoms with Gasteiger partial charge < -0.3 is 13.7 Å². The molecule has 4 rings (SSSR count). The molecule has 130 valence electrons. The zero-order valence-electron chi connectivity index (χ0n) is 14.1. The lowest BCUT2D eigenvalue weighted by Crippen LogP contribution is -2.02. The summed E-state index contributed by atoms with van der Waals surface area (Å²) >= 11 is 1.67. The summed E-state index contributed by atoms with van der Waals surface area (Å²) < 4.78 is 13.0. The van der Waals surface area contributed by atoms with Crippen molar-refractivity contribution in [2.45, 2.75) is 43.1 Å². The summed E-state index contributed by atoms with van der Waals surface area (Å²) in [5.74, 6) is 3.27. The average Bonchev–Trinajstić information content (AvgIpc) is 3.21. The largest absolute Gasteiger partial charge is 0.497 e. The number of thioether (sulfide) groups is 1. The van der Waals surface area contributed by atoms with E-state index in [0.717, 1.165) is 46.7 Å². The number of ether oxygens (including phenoxy) is 1. The molecule has 25 heavy (non-hydrogen) atoms. The molecule has 6 nitrogen and oxygen atoms in total. The molecule has 2 aromatic heterocycles. The van der Waals surface area contributed by atoms with Crippen LogP contribution in [0.4, 0.5) is 0 Å². The second-order valence-electron chi connectivity index (χ2n) is 6.02. The highest BCUT2D eigenvalue weighted by Crippen LogP contribution is 2.27. The van der Waals surface area contributed by atoms with Gasteiger partial charge in [0.05, 0.1) is 12.8 Å². The Hall–Kier alpha value is -2.28. The first-order chi connectivity index (χ1) is 12.3. The number of hydrogen-bond donors (Lipinski definition) is 0. The van der Waals surface area contributed by atoms with Gasteiger partial charge in [-0.25, -0.2) is 4.98 Å². The van der Waals surface area contributed by atoms with Crippen molar-refractivity contribution >= 4 is 11.8 Å². The van der Waals surface area contributed by atoms with Crippen LogP contribution in [0.2, 0.25) is 0 Å². The minimum atomic E-state index is 0.623. The maximum Gasteiger partial charge on any atom is 0.226 e. The minimum Gasteiger partial charge on any atom is -0.497 e. The summed E-state index contributed by atoms with van der Waals surface area (Å²) in [6.07, 6.45) is 6.41. The molecule has 0 amide bonds. The first-order valence-electron chi connectivity index (χ1n) is 8.47. The third-order valence-corrected chi connectivity index (χ3v) is 5.31. The summed E-state index contributed by atoms with van der Waals surface area (Å²) in [6, 6.07) is 7.69. The van der Waals surface area contributed by atoms with Crippen LogP contribution in [-0.2, 0) is 18.7 Å². The van der Waals surface area contributed by atoms with Crippen LogP contribution in [0.5, 0.6) is 5.75 Å². The van der Waals surface area contributed by atoms with Crippen LogP contribution < -0.4 is 4.74 Å². The minimum absolute atomic E-state index is 0.623. The first kappa shape index (κ1) is 16.2. The van der Waals surface area contributed by atoms with E-state index in [9.17, 15) is 0 Å². The Morgan fingerprint density at radius 2 is 2.04 bits per heavy atom. The van der Waals surface area contributed by atoms with E-state index in [-0.39, 0.29) is 0 Å². The normalized spacial score (nSPS) is 14.1. The van der Waals surface area contributed by atoms with Gasteiger partial charge in [-0.3, -0.25) is 0 Å². The van der Waals surface area contributed by atoms with Crippen molar-refractivity contribution < 1.29 is 9.15 Å². The third-order valence-electron chi connectivity index (χ3n) is 4.31. The van der Waals surface area contributed by atoms with Crippen LogP contribution in [0, 0.1) is 0 Å². The molecule has 1 aliphatic heterocycles. The van der Waals surface area contributed by atoms with Crippen molar-refractivity contribution in [3.8, 4) is 17.2 Å². The van der Waals surface area contributed by atoms with E-state index in [2.05, 4.69) is 19.7 Å². The van der Waals surface area contributed by atoms with Gasteiger partial charge in [-0.2, -0.15) is 0 Å². The smallest absolute Gasteiger partial charge is 0.226 e. The van der Waals surface area contributed by atoms with Gasteiger partial charge in [-0.05, 0) is 37.1 Å². The summed E-state index contributed by atoms with van der Waals surface area (Å²) in [5.41, 5.74) is 1.84. The zero-order valence-corrected chi connectivity index (χ0v) is 15.0. The number of fused-ring (bicyclic) bond motifs is 1. The Kier molecular flexibility index (Phi) is 4.74. The van der Waals surface area contributed by atoms with Crippen LogP contribution >= 0.6 is 11.8 Å². The molecule has 0 aliphatic carbocycles. The monoisotopic (exact) mass is 356 g/mol. The number of aromatic nitrogens is 4. The lowest BCUT2D eigenvalue weighted by atomic mass is 10.2. The molecule has 3 aromatic rings. The Bertz CT molecular complexity index is 841. The molecule has 0 spiro atoms. The van der Waals surface area contributed by atoms with E-state index in [1.54, 1.807) is 25.1 Å². The Morgan fingerprint density at radius 3 is 2.88 bits per heavy atom. The standard InChI is InChI=1S/C18H20N4O2S/c1-23-15-8-6-13(7-9-15)17-19-14(11-24-17)12-25-18-21-20-16-5-3-2-4-10-22(16)18/h6-9,11H,2-5,10,12H2,1H3. The fourth-order valence-corrected chi connectivity index (χ4v) is 3.80. The van der Waals surface area contributed by atoms with Gasteiger partial charge in [0.1, 0.15) is 17.8 Å². The summed E-state index contributed by atoms with van der Waals surface area (Å²) in [4.78, 5) is 4.58. The lowest BCUT2D eigenvalue weighted by Gasteiger charge is -2.05. The maximum atomic E-state index is 5.62. The molecule has 1 aromatic carbocycles. The first-order valence-corrected chi connectivity index (χ1v) is 9.46. The molecule has 0 saturated carbocycles. The van der Waals surface area contributed by atoms with Crippen LogP contribution in [0.25, 0.3) is 11.5 Å². The predicted octanol–water partition coefficient (Wildman–Crippen LogP) is 3.96. The molecule has 7 heteroatoms. The fraction of sp³-hybridized carbons (Fsp3) is 0.389. The van der Waals surface area contributed by atoms with Crippen LogP contribution in [0.3, 0.4) is 0 Å². The number of oxazole rings is 1. The fourth-order valence-electron chi connectivity index (χ4n) is 2.94.